The van der Waals surface area contributed by atoms with Crippen LogP contribution in [0.1, 0.15) is 38.2 Å². The summed E-state index contributed by atoms with van der Waals surface area (Å²) in [4.78, 5) is 0. The van der Waals surface area contributed by atoms with Gasteiger partial charge < -0.3 is 5.73 Å². The van der Waals surface area contributed by atoms with E-state index in [0.29, 0.717) is 16.3 Å². The smallest absolute Gasteiger partial charge is 0.137 e. The predicted octanol–water partition coefficient (Wildman–Crippen LogP) is 4.53. The van der Waals surface area contributed by atoms with Gasteiger partial charge in [0.2, 0.25) is 0 Å². The molecule has 0 aromatic heterocycles. The molecule has 106 valence electrons. The Bertz CT molecular complexity index is 421. The van der Waals surface area contributed by atoms with Crippen molar-refractivity contribution in [3.8, 4) is 0 Å². The van der Waals surface area contributed by atoms with E-state index in [9.17, 15) is 4.39 Å². The maximum Gasteiger partial charge on any atom is 0.137 e. The largest absolute Gasteiger partial charge is 0.330 e. The van der Waals surface area contributed by atoms with Crippen LogP contribution in [-0.4, -0.2) is 6.54 Å². The molecule has 0 heterocycles. The van der Waals surface area contributed by atoms with Crippen molar-refractivity contribution in [2.45, 2.75) is 39.0 Å². The van der Waals surface area contributed by atoms with Crippen LogP contribution in [0.25, 0.3) is 0 Å². The molecule has 1 saturated carbocycles. The summed E-state index contributed by atoms with van der Waals surface area (Å²) in [5.74, 6) is 1.85. The van der Waals surface area contributed by atoms with Crippen molar-refractivity contribution in [3.05, 3.63) is 34.1 Å². The van der Waals surface area contributed by atoms with E-state index in [4.69, 9.17) is 5.73 Å². The van der Waals surface area contributed by atoms with E-state index in [1.54, 1.807) is 6.07 Å². The van der Waals surface area contributed by atoms with Gasteiger partial charge in [-0.1, -0.05) is 31.9 Å². The lowest BCUT2D eigenvalue weighted by atomic mass is 9.71. The first kappa shape index (κ1) is 15.0. The molecule has 0 spiro atoms. The van der Waals surface area contributed by atoms with E-state index in [1.807, 2.05) is 6.07 Å². The molecule has 3 atom stereocenters. The average Bonchev–Trinajstić information content (AvgIpc) is 2.43. The highest BCUT2D eigenvalue weighted by atomic mass is 79.9. The summed E-state index contributed by atoms with van der Waals surface area (Å²) in [6.45, 7) is 3.02. The van der Waals surface area contributed by atoms with Crippen LogP contribution in [0.15, 0.2) is 22.7 Å². The van der Waals surface area contributed by atoms with Crippen molar-refractivity contribution in [2.24, 2.45) is 23.5 Å². The van der Waals surface area contributed by atoms with E-state index in [2.05, 4.69) is 22.9 Å². The normalized spacial score (nSPS) is 27.5. The highest BCUT2D eigenvalue weighted by Crippen LogP contribution is 2.38. The van der Waals surface area contributed by atoms with E-state index in [-0.39, 0.29) is 5.82 Å². The summed E-state index contributed by atoms with van der Waals surface area (Å²) < 4.78 is 14.2. The lowest BCUT2D eigenvalue weighted by Crippen LogP contribution is -2.31. The molecule has 0 amide bonds. The Kier molecular flexibility index (Phi) is 5.40. The third-order valence-electron chi connectivity index (χ3n) is 4.64. The minimum atomic E-state index is -0.162. The summed E-state index contributed by atoms with van der Waals surface area (Å²) in [5, 5.41) is 0. The van der Waals surface area contributed by atoms with E-state index < -0.39 is 0 Å². The molecule has 1 aromatic carbocycles. The van der Waals surface area contributed by atoms with Crippen LogP contribution >= 0.6 is 15.9 Å². The van der Waals surface area contributed by atoms with Gasteiger partial charge in [-0.3, -0.25) is 0 Å². The van der Waals surface area contributed by atoms with Gasteiger partial charge in [-0.2, -0.15) is 0 Å². The molecule has 0 radical (unpaired) electrons. The quantitative estimate of drug-likeness (QED) is 0.863. The van der Waals surface area contributed by atoms with Crippen LogP contribution in [0.2, 0.25) is 0 Å². The second-order valence-corrected chi connectivity index (χ2v) is 6.55. The number of rotatable bonds is 4. The van der Waals surface area contributed by atoms with Crippen molar-refractivity contribution >= 4 is 15.9 Å². The summed E-state index contributed by atoms with van der Waals surface area (Å²) >= 11 is 3.37. The molecular formula is C16H23BrFN. The van der Waals surface area contributed by atoms with Gasteiger partial charge in [0.1, 0.15) is 5.82 Å². The first-order valence-electron chi connectivity index (χ1n) is 7.28. The zero-order chi connectivity index (χ0) is 13.8. The maximum absolute atomic E-state index is 13.6. The Morgan fingerprint density at radius 2 is 2.11 bits per heavy atom. The predicted molar refractivity (Wildman–Crippen MR) is 81.5 cm³/mol. The fraction of sp³-hybridized carbons (Fsp3) is 0.625. The van der Waals surface area contributed by atoms with Crippen molar-refractivity contribution < 1.29 is 4.39 Å². The SMILES string of the molecule is CCC1CCC(CN)C(Cc2cccc(F)c2Br)C1. The van der Waals surface area contributed by atoms with Gasteiger partial charge in [0.15, 0.2) is 0 Å². The van der Waals surface area contributed by atoms with Gasteiger partial charge in [-0.15, -0.1) is 0 Å². The second kappa shape index (κ2) is 6.85. The van der Waals surface area contributed by atoms with E-state index in [1.165, 1.54) is 31.7 Å². The first-order chi connectivity index (χ1) is 9.15. The Morgan fingerprint density at radius 1 is 1.32 bits per heavy atom. The van der Waals surface area contributed by atoms with Crippen LogP contribution < -0.4 is 5.73 Å². The lowest BCUT2D eigenvalue weighted by molar-refractivity contribution is 0.179. The number of hydrogen-bond donors (Lipinski definition) is 1. The Morgan fingerprint density at radius 3 is 2.79 bits per heavy atom. The molecule has 0 aliphatic heterocycles. The molecule has 1 aliphatic rings. The van der Waals surface area contributed by atoms with Gasteiger partial charge >= 0.3 is 0 Å². The van der Waals surface area contributed by atoms with Crippen molar-refractivity contribution in [2.75, 3.05) is 6.54 Å². The number of halogens is 2. The molecule has 3 unspecified atom stereocenters. The highest BCUT2D eigenvalue weighted by Gasteiger charge is 2.29. The van der Waals surface area contributed by atoms with Crippen LogP contribution in [0.3, 0.4) is 0 Å². The number of nitrogens with two attached hydrogens (primary N) is 1. The van der Waals surface area contributed by atoms with Crippen molar-refractivity contribution in [3.63, 3.8) is 0 Å². The lowest BCUT2D eigenvalue weighted by Gasteiger charge is -2.35. The summed E-state index contributed by atoms with van der Waals surface area (Å²) in [6, 6.07) is 5.33. The van der Waals surface area contributed by atoms with Crippen LogP contribution in [0, 0.1) is 23.6 Å². The number of hydrogen-bond acceptors (Lipinski definition) is 1. The first-order valence-corrected chi connectivity index (χ1v) is 8.07. The third kappa shape index (κ3) is 3.57. The molecule has 2 N–H and O–H groups in total. The second-order valence-electron chi connectivity index (χ2n) is 5.76. The van der Waals surface area contributed by atoms with Crippen LogP contribution in [-0.2, 0) is 6.42 Å². The molecule has 19 heavy (non-hydrogen) atoms. The molecule has 1 nitrogen and oxygen atoms in total. The zero-order valence-electron chi connectivity index (χ0n) is 11.5. The molecule has 1 aromatic rings. The zero-order valence-corrected chi connectivity index (χ0v) is 13.1. The summed E-state index contributed by atoms with van der Waals surface area (Å²) in [5.41, 5.74) is 7.00. The van der Waals surface area contributed by atoms with Crippen LogP contribution in [0.5, 0.6) is 0 Å². The van der Waals surface area contributed by atoms with Gasteiger partial charge in [0, 0.05) is 0 Å². The fourth-order valence-electron chi connectivity index (χ4n) is 3.34. The molecule has 0 saturated heterocycles. The van der Waals surface area contributed by atoms with Gasteiger partial charge in [0.25, 0.3) is 0 Å². The fourth-order valence-corrected chi connectivity index (χ4v) is 3.77. The monoisotopic (exact) mass is 327 g/mol. The maximum atomic E-state index is 13.6. The third-order valence-corrected chi connectivity index (χ3v) is 5.53. The summed E-state index contributed by atoms with van der Waals surface area (Å²) in [6.07, 6.45) is 5.96. The molecule has 3 heteroatoms. The highest BCUT2D eigenvalue weighted by molar-refractivity contribution is 9.10. The minimum Gasteiger partial charge on any atom is -0.330 e. The van der Waals surface area contributed by atoms with Gasteiger partial charge in [0.05, 0.1) is 4.47 Å². The molecule has 1 aliphatic carbocycles. The van der Waals surface area contributed by atoms with E-state index >= 15 is 0 Å². The Labute approximate surface area is 123 Å². The van der Waals surface area contributed by atoms with Crippen LogP contribution in [0.4, 0.5) is 4.39 Å². The standard InChI is InChI=1S/C16H23BrFN/c1-2-11-6-7-13(10-19)14(8-11)9-12-4-3-5-15(18)16(12)17/h3-5,11,13-14H,2,6-10,19H2,1H3. The molecule has 1 fully saturated rings. The molecular weight excluding hydrogens is 305 g/mol. The topological polar surface area (TPSA) is 26.0 Å². The van der Waals surface area contributed by atoms with Crippen molar-refractivity contribution in [1.29, 1.82) is 0 Å². The Balaban J connectivity index is 2.12. The molecule has 2 rings (SSSR count). The van der Waals surface area contributed by atoms with Gasteiger partial charge in [-0.25, -0.2) is 4.39 Å². The average molecular weight is 328 g/mol. The minimum absolute atomic E-state index is 0.162. The number of benzene rings is 1. The van der Waals surface area contributed by atoms with Crippen molar-refractivity contribution in [1.82, 2.24) is 0 Å². The van der Waals surface area contributed by atoms with E-state index in [0.717, 1.165) is 24.4 Å². The van der Waals surface area contributed by atoms with Gasteiger partial charge in [-0.05, 0) is 71.1 Å². The summed E-state index contributed by atoms with van der Waals surface area (Å²) in [7, 11) is 0. The molecule has 0 bridgehead atoms. The Hall–Kier alpha value is -0.410.